The molecule has 0 aromatic heterocycles. The van der Waals surface area contributed by atoms with Crippen LogP contribution in [0.1, 0.15) is 18.4 Å². The summed E-state index contributed by atoms with van der Waals surface area (Å²) < 4.78 is 5.52. The summed E-state index contributed by atoms with van der Waals surface area (Å²) in [6.07, 6.45) is 2.49. The normalized spacial score (nSPS) is 14.9. The third-order valence-corrected chi connectivity index (χ3v) is 2.88. The smallest absolute Gasteiger partial charge is 0.230 e. The van der Waals surface area contributed by atoms with Gasteiger partial charge in [0.2, 0.25) is 5.91 Å². The Morgan fingerprint density at radius 1 is 1.47 bits per heavy atom. The Morgan fingerprint density at radius 3 is 3.06 bits per heavy atom. The molecule has 0 saturated heterocycles. The summed E-state index contributed by atoms with van der Waals surface area (Å²) in [5.74, 6) is 0.782. The van der Waals surface area contributed by atoms with Crippen molar-refractivity contribution in [2.45, 2.75) is 19.3 Å². The molecule has 1 heterocycles. The quantitative estimate of drug-likeness (QED) is 0.744. The molecule has 4 nitrogen and oxygen atoms in total. The van der Waals surface area contributed by atoms with E-state index in [9.17, 15) is 9.59 Å². The van der Waals surface area contributed by atoms with E-state index in [-0.39, 0.29) is 5.91 Å². The molecule has 0 saturated carbocycles. The highest BCUT2D eigenvalue weighted by molar-refractivity contribution is 5.95. The van der Waals surface area contributed by atoms with Gasteiger partial charge >= 0.3 is 0 Å². The zero-order valence-corrected chi connectivity index (χ0v) is 9.81. The standard InChI is InChI=1S/C13H15NO3/c1-14-11-9-10(3-2-7-15)4-5-12(11)17-8-6-13(14)16/h4-5,7,9H,2-3,6,8H2,1H3. The zero-order chi connectivity index (χ0) is 12.3. The number of benzene rings is 1. The van der Waals surface area contributed by atoms with E-state index in [1.807, 2.05) is 18.2 Å². The van der Waals surface area contributed by atoms with Gasteiger partial charge < -0.3 is 14.4 Å². The van der Waals surface area contributed by atoms with E-state index in [0.29, 0.717) is 25.9 Å². The molecule has 0 aliphatic carbocycles. The minimum Gasteiger partial charge on any atom is -0.491 e. The van der Waals surface area contributed by atoms with Gasteiger partial charge in [0.1, 0.15) is 12.0 Å². The number of anilines is 1. The molecule has 1 aromatic carbocycles. The highest BCUT2D eigenvalue weighted by Gasteiger charge is 2.19. The number of ether oxygens (including phenoxy) is 1. The van der Waals surface area contributed by atoms with Crippen LogP contribution in [0.4, 0.5) is 5.69 Å². The van der Waals surface area contributed by atoms with E-state index in [2.05, 4.69) is 0 Å². The van der Waals surface area contributed by atoms with Gasteiger partial charge in [-0.25, -0.2) is 0 Å². The van der Waals surface area contributed by atoms with Crippen LogP contribution in [0.15, 0.2) is 18.2 Å². The van der Waals surface area contributed by atoms with Gasteiger partial charge in [-0.05, 0) is 24.1 Å². The van der Waals surface area contributed by atoms with Crippen LogP contribution in [-0.2, 0) is 16.0 Å². The van der Waals surface area contributed by atoms with Gasteiger partial charge in [-0.15, -0.1) is 0 Å². The maximum absolute atomic E-state index is 11.7. The van der Waals surface area contributed by atoms with Crippen LogP contribution >= 0.6 is 0 Å². The third kappa shape index (κ3) is 2.46. The molecule has 2 rings (SSSR count). The Balaban J connectivity index is 2.31. The average Bonchev–Trinajstić information content (AvgIpc) is 2.48. The summed E-state index contributed by atoms with van der Waals surface area (Å²) in [4.78, 5) is 23.7. The lowest BCUT2D eigenvalue weighted by molar-refractivity contribution is -0.118. The number of rotatable bonds is 3. The van der Waals surface area contributed by atoms with E-state index in [4.69, 9.17) is 4.74 Å². The number of aryl methyl sites for hydroxylation is 1. The van der Waals surface area contributed by atoms with Crippen molar-refractivity contribution >= 4 is 17.9 Å². The lowest BCUT2D eigenvalue weighted by Crippen LogP contribution is -2.25. The molecule has 1 amide bonds. The number of hydrogen-bond donors (Lipinski definition) is 0. The van der Waals surface area contributed by atoms with Crippen LogP contribution in [0.25, 0.3) is 0 Å². The van der Waals surface area contributed by atoms with Crippen molar-refractivity contribution in [2.24, 2.45) is 0 Å². The van der Waals surface area contributed by atoms with Crippen LogP contribution in [0.2, 0.25) is 0 Å². The molecular weight excluding hydrogens is 218 g/mol. The van der Waals surface area contributed by atoms with Crippen LogP contribution < -0.4 is 9.64 Å². The fraction of sp³-hybridized carbons (Fsp3) is 0.385. The maximum Gasteiger partial charge on any atom is 0.230 e. The number of hydrogen-bond acceptors (Lipinski definition) is 3. The fourth-order valence-electron chi connectivity index (χ4n) is 1.88. The molecule has 1 aromatic rings. The lowest BCUT2D eigenvalue weighted by Gasteiger charge is -2.17. The van der Waals surface area contributed by atoms with Gasteiger partial charge in [-0.1, -0.05) is 6.07 Å². The monoisotopic (exact) mass is 233 g/mol. The second kappa shape index (κ2) is 4.99. The van der Waals surface area contributed by atoms with Gasteiger partial charge in [0.15, 0.2) is 0 Å². The van der Waals surface area contributed by atoms with Gasteiger partial charge in [-0.3, -0.25) is 4.79 Å². The maximum atomic E-state index is 11.7. The first-order valence-electron chi connectivity index (χ1n) is 5.68. The van der Waals surface area contributed by atoms with Crippen molar-refractivity contribution in [1.82, 2.24) is 0 Å². The van der Waals surface area contributed by atoms with Crippen LogP contribution in [0, 0.1) is 0 Å². The van der Waals surface area contributed by atoms with Crippen LogP contribution in [-0.4, -0.2) is 25.8 Å². The van der Waals surface area contributed by atoms with Crippen molar-refractivity contribution in [2.75, 3.05) is 18.6 Å². The number of nitrogens with zero attached hydrogens (tertiary/aromatic N) is 1. The van der Waals surface area contributed by atoms with Crippen molar-refractivity contribution < 1.29 is 14.3 Å². The number of aldehydes is 1. The number of amides is 1. The molecule has 90 valence electrons. The molecular formula is C13H15NO3. The molecule has 0 bridgehead atoms. The molecule has 0 atom stereocenters. The number of carbonyl (C=O) groups excluding carboxylic acids is 2. The summed E-state index contributed by atoms with van der Waals surface area (Å²) in [5.41, 5.74) is 1.83. The molecule has 17 heavy (non-hydrogen) atoms. The first-order valence-corrected chi connectivity index (χ1v) is 5.68. The molecule has 0 fully saturated rings. The van der Waals surface area contributed by atoms with Crippen molar-refractivity contribution in [3.8, 4) is 5.75 Å². The van der Waals surface area contributed by atoms with Crippen molar-refractivity contribution in [1.29, 1.82) is 0 Å². The Hall–Kier alpha value is -1.84. The van der Waals surface area contributed by atoms with Crippen molar-refractivity contribution in [3.05, 3.63) is 23.8 Å². The molecule has 0 unspecified atom stereocenters. The second-order valence-corrected chi connectivity index (χ2v) is 4.06. The topological polar surface area (TPSA) is 46.6 Å². The Labute approximate surface area is 100 Å². The van der Waals surface area contributed by atoms with Gasteiger partial charge in [0, 0.05) is 13.5 Å². The predicted octanol–water partition coefficient (Wildman–Crippen LogP) is 1.56. The summed E-state index contributed by atoms with van der Waals surface area (Å²) >= 11 is 0. The Bertz CT molecular complexity index is 442. The predicted molar refractivity (Wildman–Crippen MR) is 64.3 cm³/mol. The van der Waals surface area contributed by atoms with E-state index in [1.165, 1.54) is 0 Å². The van der Waals surface area contributed by atoms with Gasteiger partial charge in [0.25, 0.3) is 0 Å². The molecule has 4 heteroatoms. The highest BCUT2D eigenvalue weighted by Crippen LogP contribution is 2.31. The summed E-state index contributed by atoms with van der Waals surface area (Å²) in [6, 6.07) is 5.72. The van der Waals surface area contributed by atoms with E-state index >= 15 is 0 Å². The van der Waals surface area contributed by atoms with E-state index in [0.717, 1.165) is 23.3 Å². The minimum absolute atomic E-state index is 0.0521. The second-order valence-electron chi connectivity index (χ2n) is 4.06. The molecule has 0 spiro atoms. The first kappa shape index (κ1) is 11.6. The van der Waals surface area contributed by atoms with E-state index in [1.54, 1.807) is 11.9 Å². The fourth-order valence-corrected chi connectivity index (χ4v) is 1.88. The molecule has 1 aliphatic heterocycles. The Kier molecular flexibility index (Phi) is 3.42. The zero-order valence-electron chi connectivity index (χ0n) is 9.81. The van der Waals surface area contributed by atoms with Gasteiger partial charge in [-0.2, -0.15) is 0 Å². The first-order chi connectivity index (χ1) is 8.22. The summed E-state index contributed by atoms with van der Waals surface area (Å²) in [7, 11) is 1.75. The molecule has 1 aliphatic rings. The summed E-state index contributed by atoms with van der Waals surface area (Å²) in [5, 5.41) is 0. The Morgan fingerprint density at radius 2 is 2.29 bits per heavy atom. The largest absolute Gasteiger partial charge is 0.491 e. The SMILES string of the molecule is CN1C(=O)CCOc2ccc(CCC=O)cc21. The number of carbonyl (C=O) groups is 2. The lowest BCUT2D eigenvalue weighted by atomic mass is 10.1. The highest BCUT2D eigenvalue weighted by atomic mass is 16.5. The van der Waals surface area contributed by atoms with E-state index < -0.39 is 0 Å². The average molecular weight is 233 g/mol. The van der Waals surface area contributed by atoms with Crippen molar-refractivity contribution in [3.63, 3.8) is 0 Å². The van der Waals surface area contributed by atoms with Crippen LogP contribution in [0.5, 0.6) is 5.75 Å². The summed E-state index contributed by atoms with van der Waals surface area (Å²) in [6.45, 7) is 0.420. The third-order valence-electron chi connectivity index (χ3n) is 2.88. The van der Waals surface area contributed by atoms with Gasteiger partial charge in [0.05, 0.1) is 18.7 Å². The van der Waals surface area contributed by atoms with Crippen LogP contribution in [0.3, 0.4) is 0 Å². The molecule has 0 N–H and O–H groups in total. The molecule has 0 radical (unpaired) electrons. The number of fused-ring (bicyclic) bond motifs is 1. The minimum atomic E-state index is 0.0521.